The van der Waals surface area contributed by atoms with Crippen molar-refractivity contribution in [1.29, 1.82) is 0 Å². The summed E-state index contributed by atoms with van der Waals surface area (Å²) in [6.45, 7) is 5.92. The van der Waals surface area contributed by atoms with E-state index in [4.69, 9.17) is 0 Å². The molecule has 4 nitrogen and oxygen atoms in total. The average Bonchev–Trinajstić information content (AvgIpc) is 2.64. The lowest BCUT2D eigenvalue weighted by molar-refractivity contribution is 0.111. The number of hydrogen-bond donors (Lipinski definition) is 0. The Kier molecular flexibility index (Phi) is 2.56. The van der Waals surface area contributed by atoms with Crippen LogP contribution in [0.15, 0.2) is 18.2 Å². The van der Waals surface area contributed by atoms with Crippen LogP contribution in [0.25, 0.3) is 5.69 Å². The first-order valence-corrected chi connectivity index (χ1v) is 5.09. The first kappa shape index (κ1) is 10.5. The molecule has 0 aliphatic heterocycles. The van der Waals surface area contributed by atoms with Crippen LogP contribution in [0.5, 0.6) is 0 Å². The fourth-order valence-electron chi connectivity index (χ4n) is 1.64. The molecule has 1 aromatic heterocycles. The Bertz CT molecular complexity index is 543. The Hall–Kier alpha value is -1.97. The molecule has 0 saturated heterocycles. The van der Waals surface area contributed by atoms with E-state index in [1.807, 2.05) is 39.0 Å². The van der Waals surface area contributed by atoms with E-state index in [0.29, 0.717) is 5.69 Å². The van der Waals surface area contributed by atoms with Gasteiger partial charge in [-0.25, -0.2) is 4.68 Å². The summed E-state index contributed by atoms with van der Waals surface area (Å²) in [6.07, 6.45) is 0.726. The summed E-state index contributed by atoms with van der Waals surface area (Å²) >= 11 is 0. The van der Waals surface area contributed by atoms with E-state index in [-0.39, 0.29) is 0 Å². The second kappa shape index (κ2) is 3.89. The number of aromatic nitrogens is 3. The zero-order valence-corrected chi connectivity index (χ0v) is 9.56. The van der Waals surface area contributed by atoms with Gasteiger partial charge in [0.15, 0.2) is 6.29 Å². The van der Waals surface area contributed by atoms with Crippen molar-refractivity contribution >= 4 is 6.29 Å². The number of nitrogens with zero attached hydrogens (tertiary/aromatic N) is 3. The molecule has 0 bridgehead atoms. The van der Waals surface area contributed by atoms with Crippen LogP contribution < -0.4 is 0 Å². The number of rotatable bonds is 2. The van der Waals surface area contributed by atoms with E-state index in [0.717, 1.165) is 23.2 Å². The van der Waals surface area contributed by atoms with Crippen molar-refractivity contribution in [3.8, 4) is 5.69 Å². The van der Waals surface area contributed by atoms with Crippen molar-refractivity contribution in [1.82, 2.24) is 15.0 Å². The number of carbonyl (C=O) groups is 1. The van der Waals surface area contributed by atoms with Crippen LogP contribution in [0.1, 0.15) is 27.3 Å². The topological polar surface area (TPSA) is 47.8 Å². The smallest absolute Gasteiger partial charge is 0.172 e. The Balaban J connectivity index is 2.63. The minimum atomic E-state index is 0.390. The first-order chi connectivity index (χ1) is 7.65. The molecule has 0 spiro atoms. The highest BCUT2D eigenvalue weighted by Crippen LogP contribution is 2.18. The summed E-state index contributed by atoms with van der Waals surface area (Å²) < 4.78 is 1.70. The fourth-order valence-corrected chi connectivity index (χ4v) is 1.64. The maximum atomic E-state index is 10.7. The Morgan fingerprint density at radius 1 is 1.25 bits per heavy atom. The van der Waals surface area contributed by atoms with Crippen molar-refractivity contribution < 1.29 is 4.79 Å². The van der Waals surface area contributed by atoms with Crippen LogP contribution in [0.3, 0.4) is 0 Å². The Labute approximate surface area is 93.9 Å². The van der Waals surface area contributed by atoms with Crippen molar-refractivity contribution in [2.75, 3.05) is 0 Å². The summed E-state index contributed by atoms with van der Waals surface area (Å²) in [6, 6.07) is 5.99. The van der Waals surface area contributed by atoms with Gasteiger partial charge < -0.3 is 0 Å². The molecule has 0 amide bonds. The number of aryl methyl sites for hydroxylation is 1. The number of carbonyl (C=O) groups excluding carboxylic acids is 1. The molecule has 16 heavy (non-hydrogen) atoms. The van der Waals surface area contributed by atoms with Gasteiger partial charge in [0.1, 0.15) is 5.69 Å². The molecule has 0 aliphatic rings. The molecule has 2 rings (SSSR count). The number of aldehydes is 1. The SMILES string of the molecule is Cc1cccc(-n2nnc(C=O)c2C)c1C. The third-order valence-electron chi connectivity index (χ3n) is 2.85. The molecule has 0 saturated carbocycles. The van der Waals surface area contributed by atoms with Gasteiger partial charge in [0.2, 0.25) is 0 Å². The minimum Gasteiger partial charge on any atom is -0.296 e. The van der Waals surface area contributed by atoms with Gasteiger partial charge in [0, 0.05) is 0 Å². The Morgan fingerprint density at radius 3 is 2.62 bits per heavy atom. The summed E-state index contributed by atoms with van der Waals surface area (Å²) in [7, 11) is 0. The quantitative estimate of drug-likeness (QED) is 0.720. The van der Waals surface area contributed by atoms with E-state index in [1.54, 1.807) is 4.68 Å². The first-order valence-electron chi connectivity index (χ1n) is 5.09. The molecule has 1 heterocycles. The van der Waals surface area contributed by atoms with Gasteiger partial charge in [-0.2, -0.15) is 0 Å². The lowest BCUT2D eigenvalue weighted by Gasteiger charge is -2.09. The van der Waals surface area contributed by atoms with Crippen molar-refractivity contribution in [2.24, 2.45) is 0 Å². The molecule has 2 aromatic rings. The molecule has 0 fully saturated rings. The molecule has 82 valence electrons. The third kappa shape index (κ3) is 1.52. The lowest BCUT2D eigenvalue weighted by Crippen LogP contribution is -2.02. The van der Waals surface area contributed by atoms with E-state index < -0.39 is 0 Å². The maximum Gasteiger partial charge on any atom is 0.172 e. The van der Waals surface area contributed by atoms with Crippen LogP contribution in [0.4, 0.5) is 0 Å². The van der Waals surface area contributed by atoms with E-state index >= 15 is 0 Å². The molecule has 0 N–H and O–H groups in total. The van der Waals surface area contributed by atoms with Crippen LogP contribution >= 0.6 is 0 Å². The predicted molar refractivity (Wildman–Crippen MR) is 61.0 cm³/mol. The lowest BCUT2D eigenvalue weighted by atomic mass is 10.1. The zero-order chi connectivity index (χ0) is 11.7. The average molecular weight is 215 g/mol. The highest BCUT2D eigenvalue weighted by Gasteiger charge is 2.11. The van der Waals surface area contributed by atoms with Crippen molar-refractivity contribution in [2.45, 2.75) is 20.8 Å². The summed E-state index contributed by atoms with van der Waals surface area (Å²) in [4.78, 5) is 10.7. The van der Waals surface area contributed by atoms with Gasteiger partial charge in [0.05, 0.1) is 11.4 Å². The fraction of sp³-hybridized carbons (Fsp3) is 0.250. The molecule has 0 aliphatic carbocycles. The van der Waals surface area contributed by atoms with E-state index in [2.05, 4.69) is 10.3 Å². The summed E-state index contributed by atoms with van der Waals surface area (Å²) in [5.41, 5.74) is 4.47. The zero-order valence-electron chi connectivity index (χ0n) is 9.56. The van der Waals surface area contributed by atoms with E-state index in [9.17, 15) is 4.79 Å². The number of hydrogen-bond acceptors (Lipinski definition) is 3. The van der Waals surface area contributed by atoms with Crippen LogP contribution in [-0.2, 0) is 0 Å². The highest BCUT2D eigenvalue weighted by atomic mass is 16.1. The van der Waals surface area contributed by atoms with Gasteiger partial charge in [0.25, 0.3) is 0 Å². The molecule has 0 unspecified atom stereocenters. The molecular weight excluding hydrogens is 202 g/mol. The van der Waals surface area contributed by atoms with Crippen molar-refractivity contribution in [3.63, 3.8) is 0 Å². The van der Waals surface area contributed by atoms with Gasteiger partial charge in [-0.15, -0.1) is 5.10 Å². The van der Waals surface area contributed by atoms with Gasteiger partial charge >= 0.3 is 0 Å². The van der Waals surface area contributed by atoms with Gasteiger partial charge in [-0.1, -0.05) is 17.3 Å². The maximum absolute atomic E-state index is 10.7. The molecular formula is C12H13N3O. The summed E-state index contributed by atoms with van der Waals surface area (Å²) in [5.74, 6) is 0. The molecule has 0 atom stereocenters. The molecule has 0 radical (unpaired) electrons. The third-order valence-corrected chi connectivity index (χ3v) is 2.85. The van der Waals surface area contributed by atoms with Crippen molar-refractivity contribution in [3.05, 3.63) is 40.7 Å². The second-order valence-electron chi connectivity index (χ2n) is 3.81. The van der Waals surface area contributed by atoms with Crippen LogP contribution in [0, 0.1) is 20.8 Å². The van der Waals surface area contributed by atoms with Gasteiger partial charge in [-0.3, -0.25) is 4.79 Å². The van der Waals surface area contributed by atoms with Crippen LogP contribution in [-0.4, -0.2) is 21.3 Å². The van der Waals surface area contributed by atoms with Gasteiger partial charge in [-0.05, 0) is 38.0 Å². The molecule has 1 aromatic carbocycles. The minimum absolute atomic E-state index is 0.390. The second-order valence-corrected chi connectivity index (χ2v) is 3.81. The van der Waals surface area contributed by atoms with Crippen LogP contribution in [0.2, 0.25) is 0 Å². The predicted octanol–water partition coefficient (Wildman–Crippen LogP) is 2.01. The number of benzene rings is 1. The largest absolute Gasteiger partial charge is 0.296 e. The van der Waals surface area contributed by atoms with E-state index in [1.165, 1.54) is 5.56 Å². The summed E-state index contributed by atoms with van der Waals surface area (Å²) in [5, 5.41) is 7.82. The normalized spacial score (nSPS) is 10.4. The standard InChI is InChI=1S/C12H13N3O/c1-8-5-4-6-12(9(8)2)15-10(3)11(7-16)13-14-15/h4-7H,1-3H3. The molecule has 4 heteroatoms. The monoisotopic (exact) mass is 215 g/mol. The Morgan fingerprint density at radius 2 is 2.00 bits per heavy atom. The highest BCUT2D eigenvalue weighted by molar-refractivity contribution is 5.73.